The van der Waals surface area contributed by atoms with Gasteiger partial charge in [0.2, 0.25) is 5.82 Å². The number of fused-ring (bicyclic) bond motifs is 1. The van der Waals surface area contributed by atoms with E-state index in [-0.39, 0.29) is 5.91 Å². The fraction of sp³-hybridized carbons (Fsp3) is 0.381. The minimum atomic E-state index is -5.08. The lowest BCUT2D eigenvalue weighted by molar-refractivity contribution is -0.192. The van der Waals surface area contributed by atoms with E-state index in [0.717, 1.165) is 30.8 Å². The number of carboxylic acid groups (broad SMARTS) is 1. The summed E-state index contributed by atoms with van der Waals surface area (Å²) in [6, 6.07) is 3.63. The van der Waals surface area contributed by atoms with Crippen molar-refractivity contribution < 1.29 is 32.4 Å². The number of hydrogen-bond donors (Lipinski definition) is 3. The summed E-state index contributed by atoms with van der Waals surface area (Å²) < 4.78 is 37.3. The third-order valence-electron chi connectivity index (χ3n) is 4.93. The van der Waals surface area contributed by atoms with Gasteiger partial charge in [-0.3, -0.25) is 9.78 Å². The van der Waals surface area contributed by atoms with Crippen LogP contribution in [0, 0.1) is 6.92 Å². The van der Waals surface area contributed by atoms with Crippen molar-refractivity contribution in [3.05, 3.63) is 51.3 Å². The third kappa shape index (κ3) is 5.78. The molecule has 182 valence electrons. The lowest BCUT2D eigenvalue weighted by Crippen LogP contribution is -2.41. The molecule has 3 aromatic rings. The van der Waals surface area contributed by atoms with Crippen molar-refractivity contribution in [3.63, 3.8) is 0 Å². The van der Waals surface area contributed by atoms with Crippen molar-refractivity contribution >= 4 is 23.2 Å². The van der Waals surface area contributed by atoms with Crippen LogP contribution < -0.4 is 10.6 Å². The molecule has 0 spiro atoms. The van der Waals surface area contributed by atoms with Gasteiger partial charge < -0.3 is 20.3 Å². The molecular formula is C21H22F3N5O4S. The van der Waals surface area contributed by atoms with Crippen molar-refractivity contribution in [2.24, 2.45) is 0 Å². The molecule has 0 bridgehead atoms. The summed E-state index contributed by atoms with van der Waals surface area (Å²) in [7, 11) is 0. The van der Waals surface area contributed by atoms with Crippen molar-refractivity contribution in [2.45, 2.75) is 45.5 Å². The zero-order chi connectivity index (χ0) is 25.1. The first-order chi connectivity index (χ1) is 15.9. The molecule has 13 heteroatoms. The number of carbonyl (C=O) groups is 2. The Morgan fingerprint density at radius 2 is 2.00 bits per heavy atom. The fourth-order valence-corrected chi connectivity index (χ4v) is 3.87. The van der Waals surface area contributed by atoms with Crippen LogP contribution in [0.4, 0.5) is 13.2 Å². The number of carbonyl (C=O) groups excluding carboxylic acids is 1. The molecule has 3 N–H and O–H groups in total. The van der Waals surface area contributed by atoms with Crippen LogP contribution in [0.1, 0.15) is 46.2 Å². The standard InChI is InChI=1S/C19H21N5O2S.C2HF3O2/c1-11-15(13-6-7-20-9-12(13)10-21-11)16-22-18(26-24-16)19(2,3)23-17(25)14-5-4-8-27-14;3-2(4,5)1(6)7/h4-5,8,10,20H,6-7,9H2,1-3H3,(H,23,25);(H,6,7). The van der Waals surface area contributed by atoms with E-state index in [1.54, 1.807) is 6.07 Å². The highest BCUT2D eigenvalue weighted by atomic mass is 32.1. The van der Waals surface area contributed by atoms with E-state index >= 15 is 0 Å². The summed E-state index contributed by atoms with van der Waals surface area (Å²) in [5.74, 6) is -2.02. The average Bonchev–Trinajstić information content (AvgIpc) is 3.46. The number of rotatable bonds is 4. The molecule has 4 rings (SSSR count). The quantitative estimate of drug-likeness (QED) is 0.500. The van der Waals surface area contributed by atoms with E-state index in [4.69, 9.17) is 14.4 Å². The van der Waals surface area contributed by atoms with E-state index in [0.29, 0.717) is 16.6 Å². The largest absolute Gasteiger partial charge is 0.490 e. The Labute approximate surface area is 196 Å². The topological polar surface area (TPSA) is 130 Å². The first-order valence-electron chi connectivity index (χ1n) is 10.1. The van der Waals surface area contributed by atoms with Crippen molar-refractivity contribution in [2.75, 3.05) is 6.54 Å². The van der Waals surface area contributed by atoms with Gasteiger partial charge in [-0.15, -0.1) is 11.3 Å². The van der Waals surface area contributed by atoms with Gasteiger partial charge in [0.05, 0.1) is 4.88 Å². The van der Waals surface area contributed by atoms with Crippen LogP contribution in [0.3, 0.4) is 0 Å². The minimum absolute atomic E-state index is 0.157. The number of aromatic nitrogens is 3. The second-order valence-electron chi connectivity index (χ2n) is 7.93. The lowest BCUT2D eigenvalue weighted by Gasteiger charge is -2.21. The number of aryl methyl sites for hydroxylation is 1. The van der Waals surface area contributed by atoms with Gasteiger partial charge in [0, 0.05) is 24.0 Å². The van der Waals surface area contributed by atoms with Crippen molar-refractivity contribution in [1.82, 2.24) is 25.8 Å². The molecule has 0 fully saturated rings. The van der Waals surface area contributed by atoms with Gasteiger partial charge in [-0.2, -0.15) is 18.2 Å². The number of thiophene rings is 1. The minimum Gasteiger partial charge on any atom is -0.475 e. The van der Waals surface area contributed by atoms with Gasteiger partial charge >= 0.3 is 12.1 Å². The van der Waals surface area contributed by atoms with E-state index in [2.05, 4.69) is 25.8 Å². The van der Waals surface area contributed by atoms with Crippen LogP contribution in [-0.2, 0) is 23.3 Å². The number of aliphatic carboxylic acids is 1. The molecule has 0 saturated carbocycles. The van der Waals surface area contributed by atoms with Gasteiger partial charge in [0.25, 0.3) is 11.8 Å². The zero-order valence-electron chi connectivity index (χ0n) is 18.5. The average molecular weight is 497 g/mol. The molecule has 0 saturated heterocycles. The summed E-state index contributed by atoms with van der Waals surface area (Å²) in [5.41, 5.74) is 3.41. The summed E-state index contributed by atoms with van der Waals surface area (Å²) in [5, 5.41) is 19.5. The Balaban J connectivity index is 0.000000406. The van der Waals surface area contributed by atoms with E-state index in [9.17, 15) is 18.0 Å². The molecule has 9 nitrogen and oxygen atoms in total. The second-order valence-corrected chi connectivity index (χ2v) is 8.88. The Morgan fingerprint density at radius 3 is 2.62 bits per heavy atom. The molecule has 34 heavy (non-hydrogen) atoms. The number of carboxylic acids is 1. The maximum Gasteiger partial charge on any atom is 0.490 e. The molecule has 0 atom stereocenters. The Kier molecular flexibility index (Phi) is 7.36. The Hall–Kier alpha value is -3.32. The summed E-state index contributed by atoms with van der Waals surface area (Å²) in [6.45, 7) is 7.37. The molecule has 0 aromatic carbocycles. The van der Waals surface area contributed by atoms with Crippen LogP contribution in [0.2, 0.25) is 0 Å². The van der Waals surface area contributed by atoms with Gasteiger partial charge in [-0.05, 0) is 56.3 Å². The maximum atomic E-state index is 12.4. The number of alkyl halides is 3. The smallest absolute Gasteiger partial charge is 0.475 e. The molecule has 0 aliphatic carbocycles. The molecule has 0 unspecified atom stereocenters. The predicted molar refractivity (Wildman–Crippen MR) is 116 cm³/mol. The molecular weight excluding hydrogens is 475 g/mol. The normalized spacial score (nSPS) is 13.5. The van der Waals surface area contributed by atoms with Crippen LogP contribution in [0.25, 0.3) is 11.4 Å². The number of amides is 1. The first kappa shape index (κ1) is 25.3. The van der Waals surface area contributed by atoms with Crippen LogP contribution in [0.5, 0.6) is 0 Å². The van der Waals surface area contributed by atoms with Gasteiger partial charge in [0.1, 0.15) is 5.54 Å². The lowest BCUT2D eigenvalue weighted by atomic mass is 9.95. The van der Waals surface area contributed by atoms with Crippen LogP contribution in [-0.4, -0.2) is 44.8 Å². The highest BCUT2D eigenvalue weighted by Crippen LogP contribution is 2.30. The first-order valence-corrected chi connectivity index (χ1v) is 11.0. The number of nitrogens with zero attached hydrogens (tertiary/aromatic N) is 3. The monoisotopic (exact) mass is 497 g/mol. The predicted octanol–water partition coefficient (Wildman–Crippen LogP) is 3.45. The van der Waals surface area contributed by atoms with E-state index in [1.807, 2.05) is 38.4 Å². The molecule has 1 aliphatic rings. The molecule has 1 aliphatic heterocycles. The van der Waals surface area contributed by atoms with Gasteiger partial charge in [-0.1, -0.05) is 11.2 Å². The molecule has 1 amide bonds. The maximum absolute atomic E-state index is 12.4. The number of pyridine rings is 1. The van der Waals surface area contributed by atoms with Crippen LogP contribution in [0.15, 0.2) is 28.2 Å². The van der Waals surface area contributed by atoms with Gasteiger partial charge in [0.15, 0.2) is 0 Å². The van der Waals surface area contributed by atoms with E-state index in [1.165, 1.54) is 22.5 Å². The van der Waals surface area contributed by atoms with E-state index < -0.39 is 17.7 Å². The molecule has 3 aromatic heterocycles. The fourth-order valence-electron chi connectivity index (χ4n) is 3.25. The number of hydrogen-bond acceptors (Lipinski definition) is 8. The molecule has 0 radical (unpaired) electrons. The van der Waals surface area contributed by atoms with Crippen molar-refractivity contribution in [1.29, 1.82) is 0 Å². The van der Waals surface area contributed by atoms with Crippen molar-refractivity contribution in [3.8, 4) is 11.4 Å². The summed E-state index contributed by atoms with van der Waals surface area (Å²) in [4.78, 5) is 31.0. The Morgan fingerprint density at radius 1 is 1.29 bits per heavy atom. The third-order valence-corrected chi connectivity index (χ3v) is 5.80. The summed E-state index contributed by atoms with van der Waals surface area (Å²) in [6.07, 6.45) is -2.27. The van der Waals surface area contributed by atoms with Crippen LogP contribution >= 0.6 is 11.3 Å². The second kappa shape index (κ2) is 9.89. The SMILES string of the molecule is Cc1ncc2c(c1-c1noc(C(C)(C)NC(=O)c3cccs3)n1)CCNC2.O=C(O)C(F)(F)F. The zero-order valence-corrected chi connectivity index (χ0v) is 19.3. The number of nitrogens with one attached hydrogen (secondary N) is 2. The highest BCUT2D eigenvalue weighted by molar-refractivity contribution is 7.12. The highest BCUT2D eigenvalue weighted by Gasteiger charge is 2.38. The summed E-state index contributed by atoms with van der Waals surface area (Å²) >= 11 is 1.39. The van der Waals surface area contributed by atoms with Gasteiger partial charge in [-0.25, -0.2) is 4.79 Å². The number of halogens is 3. The Bertz CT molecular complexity index is 1180. The molecule has 4 heterocycles.